The summed E-state index contributed by atoms with van der Waals surface area (Å²) in [4.78, 5) is 0. The van der Waals surface area contributed by atoms with Crippen LogP contribution in [-0.4, -0.2) is 26.3 Å². The largest absolute Gasteiger partial charge is 0.381 e. The first-order valence-corrected chi connectivity index (χ1v) is 5.93. The zero-order chi connectivity index (χ0) is 9.64. The van der Waals surface area contributed by atoms with Gasteiger partial charge in [-0.1, -0.05) is 11.6 Å². The molecule has 0 aromatic heterocycles. The van der Waals surface area contributed by atoms with Crippen LogP contribution in [0.5, 0.6) is 0 Å². The molecule has 0 amide bonds. The third-order valence-electron chi connectivity index (χ3n) is 3.21. The van der Waals surface area contributed by atoms with Crippen LogP contribution in [0.1, 0.15) is 32.1 Å². The predicted molar refractivity (Wildman–Crippen MR) is 65.6 cm³/mol. The van der Waals surface area contributed by atoms with E-state index in [1.807, 2.05) is 0 Å². The third kappa shape index (κ3) is 4.54. The molecule has 0 aromatic carbocycles. The molecule has 2 aliphatic heterocycles. The highest BCUT2D eigenvalue weighted by Gasteiger charge is 2.12. The van der Waals surface area contributed by atoms with Crippen molar-refractivity contribution in [2.24, 2.45) is 5.92 Å². The van der Waals surface area contributed by atoms with Gasteiger partial charge in [-0.15, -0.1) is 12.4 Å². The average Bonchev–Trinajstić information content (AvgIpc) is 2.48. The van der Waals surface area contributed by atoms with Crippen molar-refractivity contribution in [1.82, 2.24) is 5.32 Å². The van der Waals surface area contributed by atoms with Crippen LogP contribution in [-0.2, 0) is 4.74 Å². The van der Waals surface area contributed by atoms with Crippen molar-refractivity contribution in [3.8, 4) is 0 Å². The highest BCUT2D eigenvalue weighted by Crippen LogP contribution is 2.21. The van der Waals surface area contributed by atoms with E-state index in [9.17, 15) is 0 Å². The van der Waals surface area contributed by atoms with Gasteiger partial charge < -0.3 is 10.1 Å². The number of nitrogens with one attached hydrogen (secondary N) is 1. The first-order valence-electron chi connectivity index (χ1n) is 5.93. The maximum atomic E-state index is 5.37. The molecule has 15 heavy (non-hydrogen) atoms. The third-order valence-corrected chi connectivity index (χ3v) is 3.21. The molecule has 0 aromatic rings. The Morgan fingerprint density at radius 3 is 2.73 bits per heavy atom. The molecule has 1 N–H and O–H groups in total. The minimum absolute atomic E-state index is 0. The van der Waals surface area contributed by atoms with Crippen molar-refractivity contribution < 1.29 is 4.74 Å². The van der Waals surface area contributed by atoms with E-state index in [1.54, 1.807) is 5.57 Å². The van der Waals surface area contributed by atoms with Crippen molar-refractivity contribution in [2.45, 2.75) is 32.1 Å². The van der Waals surface area contributed by atoms with Crippen LogP contribution in [0.4, 0.5) is 0 Å². The normalized spacial score (nSPS) is 27.1. The smallest absolute Gasteiger partial charge is 0.0471 e. The van der Waals surface area contributed by atoms with Crippen LogP contribution >= 0.6 is 12.4 Å². The molecule has 0 bridgehead atoms. The van der Waals surface area contributed by atoms with E-state index in [0.29, 0.717) is 0 Å². The fraction of sp³-hybridized carbons (Fsp3) is 0.833. The van der Waals surface area contributed by atoms with Gasteiger partial charge in [0.1, 0.15) is 0 Å². The molecule has 88 valence electrons. The predicted octanol–water partition coefficient (Wildman–Crippen LogP) is 2.53. The van der Waals surface area contributed by atoms with Gasteiger partial charge in [-0.25, -0.2) is 0 Å². The van der Waals surface area contributed by atoms with E-state index in [-0.39, 0.29) is 12.4 Å². The van der Waals surface area contributed by atoms with E-state index in [2.05, 4.69) is 11.4 Å². The topological polar surface area (TPSA) is 21.3 Å². The summed E-state index contributed by atoms with van der Waals surface area (Å²) >= 11 is 0. The zero-order valence-electron chi connectivity index (χ0n) is 9.34. The van der Waals surface area contributed by atoms with Crippen LogP contribution in [0.2, 0.25) is 0 Å². The Morgan fingerprint density at radius 2 is 1.93 bits per heavy atom. The second-order valence-electron chi connectivity index (χ2n) is 4.38. The van der Waals surface area contributed by atoms with Gasteiger partial charge in [0.05, 0.1) is 0 Å². The van der Waals surface area contributed by atoms with Crippen LogP contribution in [0.15, 0.2) is 11.6 Å². The lowest BCUT2D eigenvalue weighted by Gasteiger charge is -2.20. The molecule has 2 aliphatic rings. The lowest BCUT2D eigenvalue weighted by Crippen LogP contribution is -2.15. The van der Waals surface area contributed by atoms with Gasteiger partial charge in [-0.3, -0.25) is 0 Å². The quantitative estimate of drug-likeness (QED) is 0.701. The molecule has 2 fully saturated rings. The van der Waals surface area contributed by atoms with Crippen LogP contribution in [0.25, 0.3) is 0 Å². The monoisotopic (exact) mass is 231 g/mol. The first-order chi connectivity index (χ1) is 6.95. The number of ether oxygens (including phenoxy) is 1. The van der Waals surface area contributed by atoms with Crippen LogP contribution in [0, 0.1) is 5.92 Å². The number of hydrogen-bond donors (Lipinski definition) is 1. The van der Waals surface area contributed by atoms with E-state index < -0.39 is 0 Å². The molecule has 2 saturated heterocycles. The lowest BCUT2D eigenvalue weighted by atomic mass is 9.95. The summed E-state index contributed by atoms with van der Waals surface area (Å²) in [6.07, 6.45) is 8.89. The van der Waals surface area contributed by atoms with Crippen molar-refractivity contribution in [2.75, 3.05) is 26.3 Å². The summed E-state index contributed by atoms with van der Waals surface area (Å²) < 4.78 is 5.37. The van der Waals surface area contributed by atoms with Crippen molar-refractivity contribution in [3.05, 3.63) is 11.6 Å². The molecule has 3 heteroatoms. The second-order valence-corrected chi connectivity index (χ2v) is 4.38. The SMILES string of the molecule is C(=C1\CCCNCC1)/C1CCOCC1.Cl. The zero-order valence-corrected chi connectivity index (χ0v) is 10.2. The molecular weight excluding hydrogens is 210 g/mol. The van der Waals surface area contributed by atoms with Crippen molar-refractivity contribution in [1.29, 1.82) is 0 Å². The van der Waals surface area contributed by atoms with E-state index in [0.717, 1.165) is 19.1 Å². The van der Waals surface area contributed by atoms with Gasteiger partial charge in [-0.2, -0.15) is 0 Å². The Bertz CT molecular complexity index is 190. The number of hydrogen-bond acceptors (Lipinski definition) is 2. The Morgan fingerprint density at radius 1 is 1.13 bits per heavy atom. The van der Waals surface area contributed by atoms with E-state index in [4.69, 9.17) is 4.74 Å². The molecule has 0 atom stereocenters. The Balaban J connectivity index is 0.00000112. The summed E-state index contributed by atoms with van der Waals surface area (Å²) in [5.41, 5.74) is 1.68. The molecule has 2 heterocycles. The van der Waals surface area contributed by atoms with Crippen molar-refractivity contribution in [3.63, 3.8) is 0 Å². The molecule has 0 saturated carbocycles. The lowest BCUT2D eigenvalue weighted by molar-refractivity contribution is 0.0783. The van der Waals surface area contributed by atoms with Gasteiger partial charge in [0.2, 0.25) is 0 Å². The summed E-state index contributed by atoms with van der Waals surface area (Å²) in [7, 11) is 0. The molecule has 0 aliphatic carbocycles. The maximum Gasteiger partial charge on any atom is 0.0471 e. The molecule has 0 radical (unpaired) electrons. The number of halogens is 1. The van der Waals surface area contributed by atoms with Gasteiger partial charge in [0.25, 0.3) is 0 Å². The fourth-order valence-corrected chi connectivity index (χ4v) is 2.32. The molecule has 2 nitrogen and oxygen atoms in total. The minimum Gasteiger partial charge on any atom is -0.381 e. The maximum absolute atomic E-state index is 5.37. The van der Waals surface area contributed by atoms with Crippen LogP contribution < -0.4 is 5.32 Å². The molecule has 0 spiro atoms. The van der Waals surface area contributed by atoms with Crippen molar-refractivity contribution >= 4 is 12.4 Å². The number of allylic oxidation sites excluding steroid dienone is 1. The minimum atomic E-state index is 0. The van der Waals surface area contributed by atoms with Gasteiger partial charge in [0.15, 0.2) is 0 Å². The Hall–Kier alpha value is -0.0500. The standard InChI is InChI=1S/C12H21NO.ClH/c1-2-11(3-7-13-6-1)10-12-4-8-14-9-5-12;/h10,12-13H,1-9H2;1H/b11-10-;. The second kappa shape index (κ2) is 7.26. The molecule has 2 rings (SSSR count). The van der Waals surface area contributed by atoms with Crippen LogP contribution in [0.3, 0.4) is 0 Å². The summed E-state index contributed by atoms with van der Waals surface area (Å²) in [5, 5.41) is 3.45. The Kier molecular flexibility index (Phi) is 6.30. The van der Waals surface area contributed by atoms with E-state index >= 15 is 0 Å². The van der Waals surface area contributed by atoms with Gasteiger partial charge in [-0.05, 0) is 51.1 Å². The highest BCUT2D eigenvalue weighted by molar-refractivity contribution is 5.85. The first kappa shape index (κ1) is 13.0. The highest BCUT2D eigenvalue weighted by atomic mass is 35.5. The summed E-state index contributed by atoms with van der Waals surface area (Å²) in [5.74, 6) is 0.803. The van der Waals surface area contributed by atoms with Gasteiger partial charge in [0, 0.05) is 13.2 Å². The average molecular weight is 232 g/mol. The number of rotatable bonds is 1. The Labute approximate surface area is 98.9 Å². The summed E-state index contributed by atoms with van der Waals surface area (Å²) in [6, 6.07) is 0. The molecular formula is C12H22ClNO. The fourth-order valence-electron chi connectivity index (χ4n) is 2.32. The van der Waals surface area contributed by atoms with Gasteiger partial charge >= 0.3 is 0 Å². The van der Waals surface area contributed by atoms with E-state index in [1.165, 1.54) is 45.2 Å². The summed E-state index contributed by atoms with van der Waals surface area (Å²) in [6.45, 7) is 4.31. The molecule has 0 unspecified atom stereocenters.